The summed E-state index contributed by atoms with van der Waals surface area (Å²) < 4.78 is 5.34. The number of benzene rings is 2. The second-order valence-corrected chi connectivity index (χ2v) is 7.72. The van der Waals surface area contributed by atoms with Crippen LogP contribution in [0.25, 0.3) is 6.08 Å². The number of hydrogen-bond acceptors (Lipinski definition) is 3. The fourth-order valence-corrected chi connectivity index (χ4v) is 3.29. The fourth-order valence-electron chi connectivity index (χ4n) is 3.29. The van der Waals surface area contributed by atoms with Crippen LogP contribution in [0.4, 0.5) is 0 Å². The maximum absolute atomic E-state index is 12.8. The summed E-state index contributed by atoms with van der Waals surface area (Å²) in [4.78, 5) is 26.9. The number of ether oxygens (including phenoxy) is 1. The summed E-state index contributed by atoms with van der Waals surface area (Å²) in [5, 5.41) is 3.00. The number of rotatable bonds is 8. The van der Waals surface area contributed by atoms with Crippen LogP contribution < -0.4 is 10.1 Å². The third-order valence-corrected chi connectivity index (χ3v) is 5.30. The summed E-state index contributed by atoms with van der Waals surface area (Å²) in [5.41, 5.74) is 2.57. The van der Waals surface area contributed by atoms with Crippen molar-refractivity contribution in [2.45, 2.75) is 44.3 Å². The average Bonchev–Trinajstić information content (AvgIpc) is 3.66. The van der Waals surface area contributed by atoms with Gasteiger partial charge in [0.15, 0.2) is 0 Å². The number of nitrogens with one attached hydrogen (secondary N) is 1. The summed E-state index contributed by atoms with van der Waals surface area (Å²) in [5.74, 6) is 0.720. The molecule has 150 valence electrons. The first kappa shape index (κ1) is 19.2. The Kier molecular flexibility index (Phi) is 5.65. The lowest BCUT2D eigenvalue weighted by Gasteiger charge is -2.21. The van der Waals surface area contributed by atoms with Crippen molar-refractivity contribution in [1.82, 2.24) is 10.2 Å². The van der Waals surface area contributed by atoms with E-state index in [1.165, 1.54) is 0 Å². The van der Waals surface area contributed by atoms with Gasteiger partial charge < -0.3 is 15.0 Å². The van der Waals surface area contributed by atoms with E-state index < -0.39 is 0 Å². The van der Waals surface area contributed by atoms with E-state index in [1.54, 1.807) is 13.2 Å². The quantitative estimate of drug-likeness (QED) is 0.698. The third kappa shape index (κ3) is 5.05. The molecule has 2 fully saturated rings. The molecule has 0 aliphatic heterocycles. The van der Waals surface area contributed by atoms with Crippen molar-refractivity contribution in [2.24, 2.45) is 0 Å². The SMILES string of the molecule is COc1ccccc1/C=C/C(=O)N(Cc1ccc(C(=O)NC2CC2)cc1)C1CC1. The highest BCUT2D eigenvalue weighted by atomic mass is 16.5. The Balaban J connectivity index is 1.41. The summed E-state index contributed by atoms with van der Waals surface area (Å²) in [7, 11) is 1.62. The maximum atomic E-state index is 12.8. The average molecular weight is 390 g/mol. The molecule has 2 aromatic rings. The largest absolute Gasteiger partial charge is 0.496 e. The standard InChI is InChI=1S/C24H26N2O3/c1-29-22-5-3-2-4-18(22)10-15-23(27)26(21-13-14-21)16-17-6-8-19(9-7-17)24(28)25-20-11-12-20/h2-10,15,20-21H,11-14,16H2,1H3,(H,25,28)/b15-10+. The van der Waals surface area contributed by atoms with Gasteiger partial charge in [0.25, 0.3) is 5.91 Å². The van der Waals surface area contributed by atoms with E-state index in [1.807, 2.05) is 59.5 Å². The molecule has 29 heavy (non-hydrogen) atoms. The van der Waals surface area contributed by atoms with Gasteiger partial charge in [-0.05, 0) is 55.5 Å². The number of nitrogens with zero attached hydrogens (tertiary/aromatic N) is 1. The van der Waals surface area contributed by atoms with Gasteiger partial charge in [-0.25, -0.2) is 0 Å². The number of methoxy groups -OCH3 is 1. The summed E-state index contributed by atoms with van der Waals surface area (Å²) in [6, 6.07) is 15.8. The van der Waals surface area contributed by atoms with Crippen molar-refractivity contribution in [3.8, 4) is 5.75 Å². The van der Waals surface area contributed by atoms with Gasteiger partial charge in [0.05, 0.1) is 7.11 Å². The molecule has 2 amide bonds. The molecular weight excluding hydrogens is 364 g/mol. The minimum Gasteiger partial charge on any atom is -0.496 e. The van der Waals surface area contributed by atoms with Crippen LogP contribution in [-0.4, -0.2) is 35.9 Å². The monoisotopic (exact) mass is 390 g/mol. The Morgan fingerprint density at radius 2 is 1.79 bits per heavy atom. The Morgan fingerprint density at radius 3 is 2.45 bits per heavy atom. The Morgan fingerprint density at radius 1 is 1.07 bits per heavy atom. The van der Waals surface area contributed by atoms with Crippen molar-refractivity contribution in [3.63, 3.8) is 0 Å². The molecular formula is C24H26N2O3. The van der Waals surface area contributed by atoms with Crippen LogP contribution in [-0.2, 0) is 11.3 Å². The van der Waals surface area contributed by atoms with E-state index >= 15 is 0 Å². The summed E-state index contributed by atoms with van der Waals surface area (Å²) >= 11 is 0. The van der Waals surface area contributed by atoms with E-state index in [4.69, 9.17) is 4.74 Å². The molecule has 2 aliphatic carbocycles. The van der Waals surface area contributed by atoms with Gasteiger partial charge in [-0.3, -0.25) is 9.59 Å². The van der Waals surface area contributed by atoms with E-state index in [9.17, 15) is 9.59 Å². The number of amides is 2. The molecule has 0 radical (unpaired) electrons. The number of carbonyl (C=O) groups excluding carboxylic acids is 2. The van der Waals surface area contributed by atoms with Crippen molar-refractivity contribution >= 4 is 17.9 Å². The molecule has 0 bridgehead atoms. The first-order valence-electron chi connectivity index (χ1n) is 10.2. The van der Waals surface area contributed by atoms with Crippen molar-refractivity contribution in [1.29, 1.82) is 0 Å². The molecule has 0 heterocycles. The zero-order valence-electron chi connectivity index (χ0n) is 16.6. The van der Waals surface area contributed by atoms with Gasteiger partial charge >= 0.3 is 0 Å². The lowest BCUT2D eigenvalue weighted by molar-refractivity contribution is -0.127. The van der Waals surface area contributed by atoms with Gasteiger partial charge in [-0.1, -0.05) is 30.3 Å². The topological polar surface area (TPSA) is 58.6 Å². The van der Waals surface area contributed by atoms with Crippen LogP contribution in [0.5, 0.6) is 5.75 Å². The molecule has 2 aliphatic rings. The van der Waals surface area contributed by atoms with Crippen molar-refractivity contribution in [2.75, 3.05) is 7.11 Å². The van der Waals surface area contributed by atoms with Crippen LogP contribution in [0, 0.1) is 0 Å². The smallest absolute Gasteiger partial charge is 0.251 e. The second kappa shape index (κ2) is 8.52. The molecule has 2 saturated carbocycles. The first-order valence-corrected chi connectivity index (χ1v) is 10.2. The molecule has 0 spiro atoms. The predicted octanol–water partition coefficient (Wildman–Crippen LogP) is 3.79. The maximum Gasteiger partial charge on any atom is 0.251 e. The van der Waals surface area contributed by atoms with Crippen LogP contribution >= 0.6 is 0 Å². The zero-order valence-corrected chi connectivity index (χ0v) is 16.6. The van der Waals surface area contributed by atoms with E-state index in [0.29, 0.717) is 24.2 Å². The fraction of sp³-hybridized carbons (Fsp3) is 0.333. The Labute approximate surface area is 171 Å². The molecule has 0 aromatic heterocycles. The Bertz CT molecular complexity index is 912. The molecule has 0 unspecified atom stereocenters. The minimum atomic E-state index is -0.0195. The minimum absolute atomic E-state index is 0.00559. The van der Waals surface area contributed by atoms with Crippen molar-refractivity contribution < 1.29 is 14.3 Å². The van der Waals surface area contributed by atoms with Gasteiger partial charge in [-0.15, -0.1) is 0 Å². The third-order valence-electron chi connectivity index (χ3n) is 5.30. The Hall–Kier alpha value is -3.08. The number of hydrogen-bond donors (Lipinski definition) is 1. The lowest BCUT2D eigenvalue weighted by atomic mass is 10.1. The molecule has 5 heteroatoms. The van der Waals surface area contributed by atoms with Gasteiger partial charge in [-0.2, -0.15) is 0 Å². The molecule has 0 atom stereocenters. The molecule has 1 N–H and O–H groups in total. The van der Waals surface area contributed by atoms with Crippen LogP contribution in [0.1, 0.15) is 47.2 Å². The molecule has 2 aromatic carbocycles. The molecule has 5 nitrogen and oxygen atoms in total. The first-order chi connectivity index (χ1) is 14.1. The highest BCUT2D eigenvalue weighted by Crippen LogP contribution is 2.29. The van der Waals surface area contributed by atoms with Crippen LogP contribution in [0.3, 0.4) is 0 Å². The van der Waals surface area contributed by atoms with E-state index in [0.717, 1.165) is 42.6 Å². The number of carbonyl (C=O) groups is 2. The predicted molar refractivity (Wildman–Crippen MR) is 113 cm³/mol. The van der Waals surface area contributed by atoms with Gasteiger partial charge in [0, 0.05) is 35.8 Å². The molecule has 4 rings (SSSR count). The van der Waals surface area contributed by atoms with Crippen LogP contribution in [0.2, 0.25) is 0 Å². The zero-order chi connectivity index (χ0) is 20.2. The van der Waals surface area contributed by atoms with E-state index in [2.05, 4.69) is 5.32 Å². The van der Waals surface area contributed by atoms with E-state index in [-0.39, 0.29) is 11.8 Å². The second-order valence-electron chi connectivity index (χ2n) is 7.72. The van der Waals surface area contributed by atoms with Gasteiger partial charge in [0.2, 0.25) is 5.91 Å². The molecule has 0 saturated heterocycles. The normalized spacial score (nSPS) is 15.9. The summed E-state index contributed by atoms with van der Waals surface area (Å²) in [6.45, 7) is 0.546. The highest BCUT2D eigenvalue weighted by molar-refractivity contribution is 5.94. The van der Waals surface area contributed by atoms with Gasteiger partial charge in [0.1, 0.15) is 5.75 Å². The van der Waals surface area contributed by atoms with Crippen LogP contribution in [0.15, 0.2) is 54.6 Å². The highest BCUT2D eigenvalue weighted by Gasteiger charge is 2.31. The summed E-state index contributed by atoms with van der Waals surface area (Å²) in [6.07, 6.45) is 7.65. The number of para-hydroxylation sites is 1. The van der Waals surface area contributed by atoms with Crippen molar-refractivity contribution in [3.05, 3.63) is 71.3 Å². The lowest BCUT2D eigenvalue weighted by Crippen LogP contribution is -2.31.